The molecule has 182 valence electrons. The van der Waals surface area contributed by atoms with Gasteiger partial charge in [0.05, 0.1) is 0 Å². The minimum atomic E-state index is -0.648. The van der Waals surface area contributed by atoms with E-state index in [4.69, 9.17) is 5.73 Å². The topological polar surface area (TPSA) is 119 Å². The van der Waals surface area contributed by atoms with Gasteiger partial charge in [0.15, 0.2) is 12.0 Å². The van der Waals surface area contributed by atoms with E-state index in [1.807, 2.05) is 12.1 Å². The van der Waals surface area contributed by atoms with Crippen LogP contribution in [0.2, 0.25) is 0 Å². The van der Waals surface area contributed by atoms with Crippen LogP contribution in [0.15, 0.2) is 70.2 Å². The maximum absolute atomic E-state index is 12.1. The van der Waals surface area contributed by atoms with Crippen molar-refractivity contribution < 1.29 is 9.90 Å². The molecule has 1 fully saturated rings. The number of carbonyl (C=O) groups is 1. The minimum Gasteiger partial charge on any atom is -0.508 e. The summed E-state index contributed by atoms with van der Waals surface area (Å²) in [4.78, 5) is 17.0. The van der Waals surface area contributed by atoms with Crippen LogP contribution in [0.5, 0.6) is 5.75 Å². The maximum atomic E-state index is 12.1. The number of rotatable bonds is 8. The number of primary amides is 1. The highest BCUT2D eigenvalue weighted by Crippen LogP contribution is 2.25. The van der Waals surface area contributed by atoms with Gasteiger partial charge in [-0.2, -0.15) is 5.11 Å². The highest BCUT2D eigenvalue weighted by atomic mass is 35.5. The van der Waals surface area contributed by atoms with Crippen LogP contribution in [0.25, 0.3) is 0 Å². The largest absolute Gasteiger partial charge is 0.508 e. The Morgan fingerprint density at radius 2 is 1.74 bits per heavy atom. The van der Waals surface area contributed by atoms with Crippen LogP contribution < -0.4 is 21.3 Å². The lowest BCUT2D eigenvalue weighted by atomic mass is 10.1. The highest BCUT2D eigenvalue weighted by Gasteiger charge is 2.28. The first-order chi connectivity index (χ1) is 15.9. The average molecular weight is 486 g/mol. The van der Waals surface area contributed by atoms with Crippen molar-refractivity contribution in [2.45, 2.75) is 32.6 Å². The Morgan fingerprint density at radius 3 is 2.32 bits per heavy atom. The molecule has 0 spiro atoms. The molecule has 0 aromatic heterocycles. The van der Waals surface area contributed by atoms with Crippen LogP contribution in [0, 0.1) is 0 Å². The Hall–Kier alpha value is -3.30. The van der Waals surface area contributed by atoms with E-state index in [0.717, 1.165) is 37.4 Å². The summed E-state index contributed by atoms with van der Waals surface area (Å²) in [5.74, 6) is -0.0255. The number of halogens is 1. The molecular weight excluding hydrogens is 454 g/mol. The summed E-state index contributed by atoms with van der Waals surface area (Å²) < 4.78 is 0. The molecule has 1 atom stereocenters. The number of azo groups is 1. The smallest absolute Gasteiger partial charge is 0.252 e. The van der Waals surface area contributed by atoms with Gasteiger partial charge in [-0.05, 0) is 55.8 Å². The molecule has 0 saturated carbocycles. The zero-order valence-electron chi connectivity index (χ0n) is 19.4. The van der Waals surface area contributed by atoms with Crippen molar-refractivity contribution in [1.29, 1.82) is 0 Å². The standard InChI is InChI=1S/C24H31N7O2.ClH/c1-16(2)30-11-13-31(14-12-30)19-7-5-18(6-8-19)27-24-21(22(25)33)23(28-29-24)26-15-17-3-9-20(32)10-4-17;/h3-10,16,24,26-27,32H,11-15H2,1-2H3,(H2,25,33);1H. The number of nitrogens with two attached hydrogens (primary N) is 1. The summed E-state index contributed by atoms with van der Waals surface area (Å²) in [5.41, 5.74) is 8.87. The molecule has 9 nitrogen and oxygen atoms in total. The molecule has 2 aromatic carbocycles. The zero-order valence-corrected chi connectivity index (χ0v) is 20.3. The molecule has 5 N–H and O–H groups in total. The van der Waals surface area contributed by atoms with Crippen LogP contribution in [-0.2, 0) is 11.3 Å². The molecule has 2 aliphatic heterocycles. The molecule has 2 aliphatic rings. The normalized spacial score (nSPS) is 18.2. The van der Waals surface area contributed by atoms with Gasteiger partial charge < -0.3 is 26.4 Å². The SMILES string of the molecule is CC(C)N1CCN(c2ccc(NC3N=NC(NCc4ccc(O)cc4)=C3C(N)=O)cc2)CC1.Cl. The van der Waals surface area contributed by atoms with Crippen molar-refractivity contribution in [3.63, 3.8) is 0 Å². The fourth-order valence-electron chi connectivity index (χ4n) is 4.06. The van der Waals surface area contributed by atoms with Crippen LogP contribution in [-0.4, -0.2) is 54.3 Å². The quantitative estimate of drug-likeness (QED) is 0.456. The van der Waals surface area contributed by atoms with E-state index in [9.17, 15) is 9.90 Å². The number of nitrogens with one attached hydrogen (secondary N) is 2. The number of hydrogen-bond donors (Lipinski definition) is 4. The van der Waals surface area contributed by atoms with Gasteiger partial charge in [0.25, 0.3) is 5.91 Å². The van der Waals surface area contributed by atoms with Crippen LogP contribution >= 0.6 is 12.4 Å². The summed E-state index contributed by atoms with van der Waals surface area (Å²) in [6, 6.07) is 15.5. The third kappa shape index (κ3) is 5.98. The lowest BCUT2D eigenvalue weighted by Gasteiger charge is -2.38. The molecule has 34 heavy (non-hydrogen) atoms. The van der Waals surface area contributed by atoms with E-state index in [0.29, 0.717) is 24.0 Å². The van der Waals surface area contributed by atoms with Crippen molar-refractivity contribution in [2.24, 2.45) is 16.0 Å². The molecule has 0 radical (unpaired) electrons. The molecule has 1 amide bonds. The number of benzene rings is 2. The number of piperazine rings is 1. The van der Waals surface area contributed by atoms with Crippen molar-refractivity contribution in [3.8, 4) is 5.75 Å². The van der Waals surface area contributed by atoms with Crippen LogP contribution in [0.1, 0.15) is 19.4 Å². The summed E-state index contributed by atoms with van der Waals surface area (Å²) in [6.07, 6.45) is -0.648. The van der Waals surface area contributed by atoms with Gasteiger partial charge in [-0.15, -0.1) is 17.5 Å². The maximum Gasteiger partial charge on any atom is 0.252 e. The van der Waals surface area contributed by atoms with E-state index in [-0.39, 0.29) is 18.2 Å². The zero-order chi connectivity index (χ0) is 23.4. The summed E-state index contributed by atoms with van der Waals surface area (Å²) in [7, 11) is 0. The Bertz CT molecular complexity index is 1030. The van der Waals surface area contributed by atoms with Gasteiger partial charge in [0.1, 0.15) is 11.3 Å². The predicted molar refractivity (Wildman–Crippen MR) is 136 cm³/mol. The van der Waals surface area contributed by atoms with E-state index in [1.165, 1.54) is 5.69 Å². The average Bonchev–Trinajstić information content (AvgIpc) is 3.22. The van der Waals surface area contributed by atoms with Crippen molar-refractivity contribution in [1.82, 2.24) is 10.2 Å². The van der Waals surface area contributed by atoms with Crippen LogP contribution in [0.3, 0.4) is 0 Å². The minimum absolute atomic E-state index is 0. The third-order valence-electron chi connectivity index (χ3n) is 6.04. The van der Waals surface area contributed by atoms with Crippen molar-refractivity contribution >= 4 is 29.7 Å². The van der Waals surface area contributed by atoms with E-state index in [2.05, 4.69) is 56.6 Å². The molecule has 0 bridgehead atoms. The lowest BCUT2D eigenvalue weighted by Crippen LogP contribution is -2.48. The fourth-order valence-corrected chi connectivity index (χ4v) is 4.06. The van der Waals surface area contributed by atoms with Crippen LogP contribution in [0.4, 0.5) is 11.4 Å². The van der Waals surface area contributed by atoms with Gasteiger partial charge in [-0.1, -0.05) is 12.1 Å². The molecule has 1 saturated heterocycles. The number of aromatic hydroxyl groups is 1. The number of nitrogens with zero attached hydrogens (tertiary/aromatic N) is 4. The number of anilines is 2. The molecule has 2 heterocycles. The van der Waals surface area contributed by atoms with Gasteiger partial charge in [-0.25, -0.2) is 0 Å². The van der Waals surface area contributed by atoms with E-state index >= 15 is 0 Å². The Kier molecular flexibility index (Phi) is 8.36. The predicted octanol–water partition coefficient (Wildman–Crippen LogP) is 3.03. The molecule has 2 aromatic rings. The molecule has 1 unspecified atom stereocenters. The summed E-state index contributed by atoms with van der Waals surface area (Å²) >= 11 is 0. The number of amides is 1. The molecule has 4 rings (SSSR count). The number of hydrogen-bond acceptors (Lipinski definition) is 8. The van der Waals surface area contributed by atoms with Gasteiger partial charge in [0.2, 0.25) is 0 Å². The number of phenols is 1. The fraction of sp³-hybridized carbons (Fsp3) is 0.375. The highest BCUT2D eigenvalue weighted by molar-refractivity contribution is 5.94. The summed E-state index contributed by atoms with van der Waals surface area (Å²) in [6.45, 7) is 9.04. The second kappa shape index (κ2) is 11.2. The van der Waals surface area contributed by atoms with Crippen molar-refractivity contribution in [2.75, 3.05) is 36.4 Å². The van der Waals surface area contributed by atoms with Gasteiger partial charge >= 0.3 is 0 Å². The van der Waals surface area contributed by atoms with E-state index < -0.39 is 12.1 Å². The van der Waals surface area contributed by atoms with Crippen molar-refractivity contribution in [3.05, 3.63) is 65.5 Å². The first-order valence-electron chi connectivity index (χ1n) is 11.2. The summed E-state index contributed by atoms with van der Waals surface area (Å²) in [5, 5.41) is 24.1. The first-order valence-corrected chi connectivity index (χ1v) is 11.2. The Balaban J connectivity index is 0.00000324. The molecule has 0 aliphatic carbocycles. The molecular formula is C24H32ClN7O2. The second-order valence-corrected chi connectivity index (χ2v) is 8.57. The lowest BCUT2D eigenvalue weighted by molar-refractivity contribution is -0.114. The number of carbonyl (C=O) groups excluding carboxylic acids is 1. The molecule has 10 heteroatoms. The second-order valence-electron chi connectivity index (χ2n) is 8.57. The first kappa shape index (κ1) is 25.3. The monoisotopic (exact) mass is 485 g/mol. The third-order valence-corrected chi connectivity index (χ3v) is 6.04. The van der Waals surface area contributed by atoms with Gasteiger partial charge in [0, 0.05) is 50.1 Å². The Labute approximate surface area is 206 Å². The van der Waals surface area contributed by atoms with E-state index in [1.54, 1.807) is 24.3 Å². The Morgan fingerprint density at radius 1 is 1.09 bits per heavy atom. The number of phenolic OH excluding ortho intramolecular Hbond substituents is 1. The van der Waals surface area contributed by atoms with Gasteiger partial charge in [-0.3, -0.25) is 9.69 Å².